The lowest BCUT2D eigenvalue weighted by Crippen LogP contribution is -2.49. The molecule has 1 aromatic carbocycles. The van der Waals surface area contributed by atoms with Crippen molar-refractivity contribution in [1.82, 2.24) is 9.80 Å². The molecule has 6 heteroatoms. The monoisotopic (exact) mass is 394 g/mol. The summed E-state index contributed by atoms with van der Waals surface area (Å²) < 4.78 is 0. The number of thiophene rings is 1. The maximum absolute atomic E-state index is 13.1. The first-order valence-corrected chi connectivity index (χ1v) is 10.9. The first kappa shape index (κ1) is 19.0. The minimum absolute atomic E-state index is 0.105. The van der Waals surface area contributed by atoms with E-state index in [-0.39, 0.29) is 11.9 Å². The van der Waals surface area contributed by atoms with Crippen molar-refractivity contribution in [3.8, 4) is 6.07 Å². The number of hydrogen-bond donors (Lipinski definition) is 0. The summed E-state index contributed by atoms with van der Waals surface area (Å²) in [6, 6.07) is 12.1. The van der Waals surface area contributed by atoms with Crippen LogP contribution in [0.5, 0.6) is 0 Å². The highest BCUT2D eigenvalue weighted by Crippen LogP contribution is 2.25. The van der Waals surface area contributed by atoms with Crippen LogP contribution in [-0.4, -0.2) is 54.5 Å². The molecule has 28 heavy (non-hydrogen) atoms. The average molecular weight is 395 g/mol. The minimum Gasteiger partial charge on any atom is -0.369 e. The van der Waals surface area contributed by atoms with Gasteiger partial charge in [0.25, 0.3) is 0 Å². The molecule has 4 rings (SSSR count). The zero-order valence-corrected chi connectivity index (χ0v) is 17.1. The lowest BCUT2D eigenvalue weighted by atomic mass is 10.1. The zero-order chi connectivity index (χ0) is 19.5. The van der Waals surface area contributed by atoms with Crippen molar-refractivity contribution in [1.29, 1.82) is 5.26 Å². The lowest BCUT2D eigenvalue weighted by molar-refractivity contribution is -0.137. The van der Waals surface area contributed by atoms with Gasteiger partial charge in [0.15, 0.2) is 0 Å². The van der Waals surface area contributed by atoms with Gasteiger partial charge in [-0.1, -0.05) is 12.1 Å². The Balaban J connectivity index is 1.40. The van der Waals surface area contributed by atoms with Gasteiger partial charge in [0.1, 0.15) is 6.07 Å². The summed E-state index contributed by atoms with van der Waals surface area (Å²) in [7, 11) is 0. The number of amides is 1. The Bertz CT molecular complexity index is 887. The summed E-state index contributed by atoms with van der Waals surface area (Å²) in [6.07, 6.45) is 1.97. The van der Waals surface area contributed by atoms with E-state index in [1.165, 1.54) is 10.4 Å². The quantitative estimate of drug-likeness (QED) is 0.803. The number of hydrogen-bond acceptors (Lipinski definition) is 5. The van der Waals surface area contributed by atoms with Crippen molar-refractivity contribution in [2.24, 2.45) is 0 Å². The van der Waals surface area contributed by atoms with Gasteiger partial charge in [0, 0.05) is 44.1 Å². The largest absolute Gasteiger partial charge is 0.369 e. The van der Waals surface area contributed by atoms with Gasteiger partial charge in [-0.2, -0.15) is 5.26 Å². The third-order valence-electron chi connectivity index (χ3n) is 5.92. The van der Waals surface area contributed by atoms with E-state index < -0.39 is 0 Å². The van der Waals surface area contributed by atoms with Gasteiger partial charge >= 0.3 is 0 Å². The van der Waals surface area contributed by atoms with Crippen LogP contribution < -0.4 is 4.90 Å². The van der Waals surface area contributed by atoms with Crippen LogP contribution in [-0.2, 0) is 17.8 Å². The molecule has 0 radical (unpaired) electrons. The summed E-state index contributed by atoms with van der Waals surface area (Å²) >= 11 is 1.80. The first-order chi connectivity index (χ1) is 13.7. The minimum atomic E-state index is -0.105. The van der Waals surface area contributed by atoms with Crippen LogP contribution in [0.2, 0.25) is 0 Å². The second-order valence-corrected chi connectivity index (χ2v) is 8.56. The van der Waals surface area contributed by atoms with E-state index in [1.54, 1.807) is 11.3 Å². The van der Waals surface area contributed by atoms with Crippen molar-refractivity contribution in [2.45, 2.75) is 32.4 Å². The Morgan fingerprint density at radius 1 is 1.14 bits per heavy atom. The van der Waals surface area contributed by atoms with Gasteiger partial charge in [-0.3, -0.25) is 9.69 Å². The van der Waals surface area contributed by atoms with Crippen molar-refractivity contribution < 1.29 is 4.79 Å². The number of carbonyl (C=O) groups is 1. The number of nitrogens with zero attached hydrogens (tertiary/aromatic N) is 4. The van der Waals surface area contributed by atoms with Gasteiger partial charge < -0.3 is 9.80 Å². The number of nitriles is 1. The molecule has 0 aliphatic carbocycles. The Hall–Kier alpha value is -2.36. The molecule has 1 atom stereocenters. The summed E-state index contributed by atoms with van der Waals surface area (Å²) in [6.45, 7) is 7.12. The Morgan fingerprint density at radius 3 is 2.86 bits per heavy atom. The van der Waals surface area contributed by atoms with E-state index >= 15 is 0 Å². The summed E-state index contributed by atoms with van der Waals surface area (Å²) in [5, 5.41) is 11.5. The lowest BCUT2D eigenvalue weighted by Gasteiger charge is -2.34. The highest BCUT2D eigenvalue weighted by Gasteiger charge is 2.30. The highest BCUT2D eigenvalue weighted by molar-refractivity contribution is 7.10. The molecule has 0 spiro atoms. The fourth-order valence-corrected chi connectivity index (χ4v) is 5.16. The number of fused-ring (bicyclic) bond motifs is 1. The van der Waals surface area contributed by atoms with Crippen LogP contribution in [0, 0.1) is 11.3 Å². The van der Waals surface area contributed by atoms with Crippen LogP contribution in [0.25, 0.3) is 0 Å². The molecule has 2 aliphatic rings. The van der Waals surface area contributed by atoms with Gasteiger partial charge in [-0.15, -0.1) is 11.3 Å². The van der Waals surface area contributed by atoms with E-state index in [2.05, 4.69) is 27.3 Å². The number of carbonyl (C=O) groups excluding carboxylic acids is 1. The number of anilines is 1. The second kappa shape index (κ2) is 8.34. The fourth-order valence-electron chi connectivity index (χ4n) is 4.27. The average Bonchev–Trinajstić information content (AvgIpc) is 3.07. The predicted molar refractivity (Wildman–Crippen MR) is 112 cm³/mol. The Morgan fingerprint density at radius 2 is 2.00 bits per heavy atom. The molecule has 146 valence electrons. The Kier molecular flexibility index (Phi) is 5.65. The summed E-state index contributed by atoms with van der Waals surface area (Å²) in [5.41, 5.74) is 3.04. The van der Waals surface area contributed by atoms with Crippen LogP contribution in [0.1, 0.15) is 29.3 Å². The molecule has 2 aromatic rings. The van der Waals surface area contributed by atoms with Crippen molar-refractivity contribution in [3.05, 3.63) is 51.7 Å². The Labute approximate surface area is 170 Å². The molecule has 0 saturated carbocycles. The maximum atomic E-state index is 13.1. The molecule has 3 heterocycles. The van der Waals surface area contributed by atoms with Crippen LogP contribution >= 0.6 is 11.3 Å². The molecular weight excluding hydrogens is 368 g/mol. The molecule has 2 aliphatic heterocycles. The van der Waals surface area contributed by atoms with Crippen molar-refractivity contribution in [3.63, 3.8) is 0 Å². The standard InChI is InChI=1S/C22H26N4OS/c1-17(22(27)26-11-7-21-19(16-26)8-14-28-21)24-9-4-10-25(13-12-24)20-6-3-2-5-18(20)15-23/h2-3,5-6,8,14,17H,4,7,9-13,16H2,1H3. The molecule has 1 saturated heterocycles. The van der Waals surface area contributed by atoms with Crippen LogP contribution in [0.3, 0.4) is 0 Å². The number of benzene rings is 1. The molecule has 5 nitrogen and oxygen atoms in total. The second-order valence-electron chi connectivity index (χ2n) is 7.56. The number of rotatable bonds is 3. The van der Waals surface area contributed by atoms with Crippen molar-refractivity contribution >= 4 is 22.9 Å². The molecular formula is C22H26N4OS. The smallest absolute Gasteiger partial charge is 0.239 e. The number of para-hydroxylation sites is 1. The molecule has 1 unspecified atom stereocenters. The van der Waals surface area contributed by atoms with Gasteiger partial charge in [-0.25, -0.2) is 0 Å². The molecule has 1 fully saturated rings. The zero-order valence-electron chi connectivity index (χ0n) is 16.3. The third kappa shape index (κ3) is 3.78. The predicted octanol–water partition coefficient (Wildman–Crippen LogP) is 3.11. The van der Waals surface area contributed by atoms with E-state index in [1.807, 2.05) is 36.1 Å². The molecule has 1 aromatic heterocycles. The van der Waals surface area contributed by atoms with E-state index in [0.29, 0.717) is 0 Å². The normalized spacial score (nSPS) is 18.9. The van der Waals surface area contributed by atoms with Gasteiger partial charge in [0.05, 0.1) is 17.3 Å². The fraction of sp³-hybridized carbons (Fsp3) is 0.455. The van der Waals surface area contributed by atoms with Gasteiger partial charge in [0.2, 0.25) is 5.91 Å². The van der Waals surface area contributed by atoms with Crippen LogP contribution in [0.15, 0.2) is 35.7 Å². The van der Waals surface area contributed by atoms with E-state index in [9.17, 15) is 10.1 Å². The SMILES string of the molecule is CC(C(=O)N1CCc2sccc2C1)N1CCCN(c2ccccc2C#N)CC1. The van der Waals surface area contributed by atoms with Crippen LogP contribution in [0.4, 0.5) is 5.69 Å². The third-order valence-corrected chi connectivity index (χ3v) is 6.94. The van der Waals surface area contributed by atoms with Crippen molar-refractivity contribution in [2.75, 3.05) is 37.6 Å². The topological polar surface area (TPSA) is 50.6 Å². The highest BCUT2D eigenvalue weighted by atomic mass is 32.1. The molecule has 1 amide bonds. The first-order valence-electron chi connectivity index (χ1n) is 9.99. The summed E-state index contributed by atoms with van der Waals surface area (Å²) in [5.74, 6) is 0.239. The molecule has 0 N–H and O–H groups in total. The maximum Gasteiger partial charge on any atom is 0.239 e. The summed E-state index contributed by atoms with van der Waals surface area (Å²) in [4.78, 5) is 21.2. The van der Waals surface area contributed by atoms with Gasteiger partial charge in [-0.05, 0) is 48.9 Å². The molecule has 0 bridgehead atoms. The van der Waals surface area contributed by atoms with E-state index in [0.717, 1.165) is 63.4 Å². The van der Waals surface area contributed by atoms with E-state index in [4.69, 9.17) is 0 Å².